The third kappa shape index (κ3) is 4.60. The molecule has 2 aromatic rings. The molecule has 21 heavy (non-hydrogen) atoms. The van der Waals surface area contributed by atoms with E-state index >= 15 is 0 Å². The molecule has 2 nitrogen and oxygen atoms in total. The van der Waals surface area contributed by atoms with Crippen molar-refractivity contribution in [1.29, 1.82) is 0 Å². The summed E-state index contributed by atoms with van der Waals surface area (Å²) in [5, 5.41) is 2.84. The topological polar surface area (TPSA) is 29.1 Å². The van der Waals surface area contributed by atoms with Gasteiger partial charge in [-0.05, 0) is 35.7 Å². The normalized spacial score (nSPS) is 10.7. The summed E-state index contributed by atoms with van der Waals surface area (Å²) in [5.74, 6) is 0.170. The minimum Gasteiger partial charge on any atom is -0.325 e. The van der Waals surface area contributed by atoms with Crippen LogP contribution in [0.4, 0.5) is 10.1 Å². The van der Waals surface area contributed by atoms with Crippen molar-refractivity contribution in [2.24, 2.45) is 0 Å². The number of carbonyl (C=O) groups excluding carboxylic acids is 1. The Kier molecular flexibility index (Phi) is 5.39. The molecule has 110 valence electrons. The zero-order chi connectivity index (χ0) is 15.2. The van der Waals surface area contributed by atoms with E-state index in [9.17, 15) is 9.18 Å². The minimum atomic E-state index is -0.294. The second-order valence-corrected chi connectivity index (χ2v) is 6.06. The average Bonchev–Trinajstić information content (AvgIpc) is 2.46. The predicted octanol–water partition coefficient (Wildman–Crippen LogP) is 4.68. The molecule has 2 aromatic carbocycles. The van der Waals surface area contributed by atoms with Crippen LogP contribution in [-0.2, 0) is 4.79 Å². The Morgan fingerprint density at radius 2 is 1.95 bits per heavy atom. The maximum atomic E-state index is 13.5. The number of anilines is 1. The fourth-order valence-corrected chi connectivity index (χ4v) is 2.62. The molecule has 1 N–H and O–H groups in total. The molecule has 0 radical (unpaired) electrons. The van der Waals surface area contributed by atoms with Crippen molar-refractivity contribution in [3.05, 3.63) is 59.9 Å². The molecule has 0 aliphatic carbocycles. The maximum absolute atomic E-state index is 13.5. The number of hydrogen-bond acceptors (Lipinski definition) is 2. The van der Waals surface area contributed by atoms with Crippen LogP contribution in [0.3, 0.4) is 0 Å². The van der Waals surface area contributed by atoms with Gasteiger partial charge in [0.2, 0.25) is 5.91 Å². The molecule has 0 saturated carbocycles. The van der Waals surface area contributed by atoms with E-state index in [1.54, 1.807) is 18.2 Å². The lowest BCUT2D eigenvalue weighted by molar-refractivity contribution is -0.113. The third-order valence-electron chi connectivity index (χ3n) is 3.03. The lowest BCUT2D eigenvalue weighted by atomic mass is 10.0. The van der Waals surface area contributed by atoms with Gasteiger partial charge in [-0.2, -0.15) is 0 Å². The van der Waals surface area contributed by atoms with Gasteiger partial charge >= 0.3 is 0 Å². The SMILES string of the molecule is CC(C)c1cccc(NC(=O)CSc2ccccc2F)c1. The van der Waals surface area contributed by atoms with Crippen molar-refractivity contribution in [3.63, 3.8) is 0 Å². The van der Waals surface area contributed by atoms with Gasteiger partial charge in [0.15, 0.2) is 0 Å². The highest BCUT2D eigenvalue weighted by Gasteiger charge is 2.07. The van der Waals surface area contributed by atoms with Gasteiger partial charge in [0, 0.05) is 10.6 Å². The van der Waals surface area contributed by atoms with Crippen LogP contribution in [0.1, 0.15) is 25.3 Å². The maximum Gasteiger partial charge on any atom is 0.234 e. The molecule has 0 fully saturated rings. The van der Waals surface area contributed by atoms with Crippen molar-refractivity contribution >= 4 is 23.4 Å². The number of benzene rings is 2. The van der Waals surface area contributed by atoms with Gasteiger partial charge in [-0.3, -0.25) is 4.79 Å². The zero-order valence-corrected chi connectivity index (χ0v) is 12.9. The molecular formula is C17H18FNOS. The van der Waals surface area contributed by atoms with E-state index in [-0.39, 0.29) is 17.5 Å². The Morgan fingerprint density at radius 1 is 1.19 bits per heavy atom. The van der Waals surface area contributed by atoms with Crippen LogP contribution >= 0.6 is 11.8 Å². The van der Waals surface area contributed by atoms with E-state index in [4.69, 9.17) is 0 Å². The summed E-state index contributed by atoms with van der Waals surface area (Å²) in [7, 11) is 0. The molecule has 0 unspecified atom stereocenters. The fourth-order valence-electron chi connectivity index (χ4n) is 1.88. The fraction of sp³-hybridized carbons (Fsp3) is 0.235. The smallest absolute Gasteiger partial charge is 0.234 e. The van der Waals surface area contributed by atoms with Crippen molar-refractivity contribution in [1.82, 2.24) is 0 Å². The molecule has 0 bridgehead atoms. The minimum absolute atomic E-state index is 0.135. The second kappa shape index (κ2) is 7.27. The number of nitrogens with one attached hydrogen (secondary N) is 1. The molecule has 0 aliphatic rings. The highest BCUT2D eigenvalue weighted by Crippen LogP contribution is 2.22. The zero-order valence-electron chi connectivity index (χ0n) is 12.1. The van der Waals surface area contributed by atoms with Crippen molar-refractivity contribution in [2.45, 2.75) is 24.7 Å². The molecule has 0 spiro atoms. The summed E-state index contributed by atoms with van der Waals surface area (Å²) in [6.07, 6.45) is 0. The molecule has 0 atom stereocenters. The van der Waals surface area contributed by atoms with Crippen molar-refractivity contribution in [3.8, 4) is 0 Å². The van der Waals surface area contributed by atoms with E-state index in [1.807, 2.05) is 24.3 Å². The first-order valence-electron chi connectivity index (χ1n) is 6.83. The van der Waals surface area contributed by atoms with E-state index in [1.165, 1.54) is 23.4 Å². The Balaban J connectivity index is 1.93. The number of thioether (sulfide) groups is 1. The monoisotopic (exact) mass is 303 g/mol. The summed E-state index contributed by atoms with van der Waals surface area (Å²) in [6, 6.07) is 14.3. The Hall–Kier alpha value is -1.81. The van der Waals surface area contributed by atoms with Crippen LogP contribution in [0.2, 0.25) is 0 Å². The molecule has 1 amide bonds. The van der Waals surface area contributed by atoms with Gasteiger partial charge in [-0.1, -0.05) is 38.1 Å². The molecular weight excluding hydrogens is 285 g/mol. The molecule has 2 rings (SSSR count). The molecule has 0 heterocycles. The van der Waals surface area contributed by atoms with E-state index < -0.39 is 0 Å². The summed E-state index contributed by atoms with van der Waals surface area (Å²) in [4.78, 5) is 12.4. The molecule has 0 saturated heterocycles. The van der Waals surface area contributed by atoms with Gasteiger partial charge in [-0.15, -0.1) is 11.8 Å². The summed E-state index contributed by atoms with van der Waals surface area (Å²) in [6.45, 7) is 4.21. The lowest BCUT2D eigenvalue weighted by Crippen LogP contribution is -2.14. The summed E-state index contributed by atoms with van der Waals surface area (Å²) in [5.41, 5.74) is 1.95. The lowest BCUT2D eigenvalue weighted by Gasteiger charge is -2.09. The van der Waals surface area contributed by atoms with Gasteiger partial charge in [0.05, 0.1) is 5.75 Å². The van der Waals surface area contributed by atoms with Crippen LogP contribution in [0, 0.1) is 5.82 Å². The molecule has 4 heteroatoms. The third-order valence-corrected chi connectivity index (χ3v) is 4.08. The number of hydrogen-bond donors (Lipinski definition) is 1. The summed E-state index contributed by atoms with van der Waals surface area (Å²) < 4.78 is 13.5. The Bertz CT molecular complexity index is 628. The number of halogens is 1. The highest BCUT2D eigenvalue weighted by atomic mass is 32.2. The number of rotatable bonds is 5. The van der Waals surface area contributed by atoms with Crippen molar-refractivity contribution < 1.29 is 9.18 Å². The quantitative estimate of drug-likeness (QED) is 0.813. The van der Waals surface area contributed by atoms with Gasteiger partial charge in [0.25, 0.3) is 0 Å². The van der Waals surface area contributed by atoms with Crippen LogP contribution < -0.4 is 5.32 Å². The Labute approximate surface area is 128 Å². The first kappa shape index (κ1) is 15.6. The average molecular weight is 303 g/mol. The molecule has 0 aromatic heterocycles. The van der Waals surface area contributed by atoms with Gasteiger partial charge < -0.3 is 5.32 Å². The number of carbonyl (C=O) groups is 1. The van der Waals surface area contributed by atoms with Gasteiger partial charge in [0.1, 0.15) is 5.82 Å². The van der Waals surface area contributed by atoms with E-state index in [0.717, 1.165) is 5.69 Å². The first-order chi connectivity index (χ1) is 10.1. The standard InChI is InChI=1S/C17H18FNOS/c1-12(2)13-6-5-7-14(10-13)19-17(20)11-21-16-9-4-3-8-15(16)18/h3-10,12H,11H2,1-2H3,(H,19,20). The van der Waals surface area contributed by atoms with Crippen LogP contribution in [0.25, 0.3) is 0 Å². The van der Waals surface area contributed by atoms with Gasteiger partial charge in [-0.25, -0.2) is 4.39 Å². The number of amides is 1. The van der Waals surface area contributed by atoms with Crippen molar-refractivity contribution in [2.75, 3.05) is 11.1 Å². The first-order valence-corrected chi connectivity index (χ1v) is 7.82. The second-order valence-electron chi connectivity index (χ2n) is 5.05. The van der Waals surface area contributed by atoms with Crippen LogP contribution in [0.5, 0.6) is 0 Å². The Morgan fingerprint density at radius 3 is 2.67 bits per heavy atom. The summed E-state index contributed by atoms with van der Waals surface area (Å²) >= 11 is 1.20. The van der Waals surface area contributed by atoms with Crippen LogP contribution in [0.15, 0.2) is 53.4 Å². The predicted molar refractivity (Wildman–Crippen MR) is 86.3 cm³/mol. The van der Waals surface area contributed by atoms with E-state index in [2.05, 4.69) is 19.2 Å². The molecule has 0 aliphatic heterocycles. The highest BCUT2D eigenvalue weighted by molar-refractivity contribution is 8.00. The largest absolute Gasteiger partial charge is 0.325 e. The van der Waals surface area contributed by atoms with E-state index in [0.29, 0.717) is 10.8 Å². The van der Waals surface area contributed by atoms with Crippen LogP contribution in [-0.4, -0.2) is 11.7 Å².